The molecule has 1 aliphatic rings. The van der Waals surface area contributed by atoms with Gasteiger partial charge in [-0.25, -0.2) is 4.79 Å². The van der Waals surface area contributed by atoms with Crippen LogP contribution in [-0.2, 0) is 25.6 Å². The van der Waals surface area contributed by atoms with Gasteiger partial charge in [0.2, 0.25) is 0 Å². The number of nitrogens with one attached hydrogen (secondary N) is 1. The maximum Gasteiger partial charge on any atom is 0.341 e. The van der Waals surface area contributed by atoms with Crippen LogP contribution in [0.5, 0.6) is 5.75 Å². The van der Waals surface area contributed by atoms with Crippen LogP contribution in [0.3, 0.4) is 0 Å². The maximum absolute atomic E-state index is 11.8. The zero-order valence-corrected chi connectivity index (χ0v) is 11.4. The second kappa shape index (κ2) is 7.61. The van der Waals surface area contributed by atoms with Crippen molar-refractivity contribution in [2.24, 2.45) is 0 Å². The van der Waals surface area contributed by atoms with E-state index in [0.717, 1.165) is 5.56 Å². The number of rotatable bonds is 6. The Morgan fingerprint density at radius 3 is 2.95 bits per heavy atom. The van der Waals surface area contributed by atoms with Gasteiger partial charge in [0, 0.05) is 6.54 Å². The number of ether oxygens (including phenoxy) is 3. The van der Waals surface area contributed by atoms with Crippen molar-refractivity contribution in [3.05, 3.63) is 29.8 Å². The predicted octanol–water partition coefficient (Wildman–Crippen LogP) is 0.182. The monoisotopic (exact) mass is 295 g/mol. The molecule has 0 aromatic heterocycles. The van der Waals surface area contributed by atoms with E-state index in [4.69, 9.17) is 19.3 Å². The summed E-state index contributed by atoms with van der Waals surface area (Å²) >= 11 is 0. The lowest BCUT2D eigenvalue weighted by Gasteiger charge is -2.22. The third kappa shape index (κ3) is 5.05. The molecule has 114 valence electrons. The van der Waals surface area contributed by atoms with E-state index >= 15 is 0 Å². The molecule has 1 atom stereocenters. The molecule has 0 spiro atoms. The van der Waals surface area contributed by atoms with Crippen molar-refractivity contribution >= 4 is 11.9 Å². The Morgan fingerprint density at radius 2 is 2.24 bits per heavy atom. The topological polar surface area (TPSA) is 94.1 Å². The Morgan fingerprint density at radius 1 is 1.38 bits per heavy atom. The normalized spacial score (nSPS) is 18.0. The lowest BCUT2D eigenvalue weighted by Crippen LogP contribution is -2.42. The summed E-state index contributed by atoms with van der Waals surface area (Å²) in [7, 11) is 0. The van der Waals surface area contributed by atoms with Crippen LogP contribution in [0, 0.1) is 0 Å². The summed E-state index contributed by atoms with van der Waals surface area (Å²) in [6, 6.07) is 6.89. The molecule has 7 heteroatoms. The number of hydrogen-bond acceptors (Lipinski definition) is 5. The van der Waals surface area contributed by atoms with E-state index in [1.165, 1.54) is 0 Å². The number of hydrogen-bond donors (Lipinski definition) is 2. The molecule has 1 fully saturated rings. The quantitative estimate of drug-likeness (QED) is 0.777. The zero-order chi connectivity index (χ0) is 15.1. The number of carbonyl (C=O) groups is 2. The van der Waals surface area contributed by atoms with Crippen molar-refractivity contribution in [2.45, 2.75) is 12.6 Å². The Hall–Kier alpha value is -2.12. The van der Waals surface area contributed by atoms with Crippen LogP contribution in [0.1, 0.15) is 5.56 Å². The molecule has 1 heterocycles. The van der Waals surface area contributed by atoms with Crippen molar-refractivity contribution in [1.29, 1.82) is 0 Å². The predicted molar refractivity (Wildman–Crippen MR) is 72.0 cm³/mol. The van der Waals surface area contributed by atoms with Gasteiger partial charge < -0.3 is 24.6 Å². The minimum absolute atomic E-state index is 0.230. The van der Waals surface area contributed by atoms with Gasteiger partial charge >= 0.3 is 5.97 Å². The second-order valence-corrected chi connectivity index (χ2v) is 4.48. The van der Waals surface area contributed by atoms with Gasteiger partial charge in [-0.3, -0.25) is 4.79 Å². The van der Waals surface area contributed by atoms with Crippen LogP contribution in [0.4, 0.5) is 0 Å². The first kappa shape index (κ1) is 15.3. The van der Waals surface area contributed by atoms with Crippen molar-refractivity contribution in [2.75, 3.05) is 26.4 Å². The highest BCUT2D eigenvalue weighted by molar-refractivity contribution is 5.81. The summed E-state index contributed by atoms with van der Waals surface area (Å²) in [6.45, 7) is 1.09. The van der Waals surface area contributed by atoms with Gasteiger partial charge in [-0.05, 0) is 17.7 Å². The number of amides is 1. The highest BCUT2D eigenvalue weighted by Crippen LogP contribution is 2.13. The van der Waals surface area contributed by atoms with Crippen LogP contribution in [-0.4, -0.2) is 49.5 Å². The lowest BCUT2D eigenvalue weighted by molar-refractivity contribution is -0.147. The van der Waals surface area contributed by atoms with E-state index in [9.17, 15) is 9.59 Å². The number of aliphatic carboxylic acids is 1. The fraction of sp³-hybridized carbons (Fsp3) is 0.429. The van der Waals surface area contributed by atoms with Gasteiger partial charge in [0.1, 0.15) is 5.75 Å². The first-order valence-corrected chi connectivity index (χ1v) is 6.56. The molecule has 0 saturated carbocycles. The van der Waals surface area contributed by atoms with Gasteiger partial charge in [-0.15, -0.1) is 0 Å². The fourth-order valence-electron chi connectivity index (χ4n) is 1.83. The third-order valence-electron chi connectivity index (χ3n) is 2.84. The number of benzene rings is 1. The summed E-state index contributed by atoms with van der Waals surface area (Å²) in [5, 5.41) is 11.3. The molecule has 0 aliphatic carbocycles. The average molecular weight is 295 g/mol. The summed E-state index contributed by atoms with van der Waals surface area (Å²) in [5.74, 6) is -0.823. The molecule has 1 aromatic rings. The maximum atomic E-state index is 11.8. The molecular weight excluding hydrogens is 278 g/mol. The Bertz CT molecular complexity index is 498. The Balaban J connectivity index is 1.83. The largest absolute Gasteiger partial charge is 0.482 e. The van der Waals surface area contributed by atoms with E-state index in [-0.39, 0.29) is 12.5 Å². The minimum atomic E-state index is -1.04. The molecule has 0 radical (unpaired) electrons. The first-order valence-electron chi connectivity index (χ1n) is 6.56. The number of carboxylic acid groups (broad SMARTS) is 1. The van der Waals surface area contributed by atoms with Crippen molar-refractivity contribution in [3.63, 3.8) is 0 Å². The number of carboxylic acids is 1. The van der Waals surface area contributed by atoms with E-state index in [2.05, 4.69) is 5.32 Å². The van der Waals surface area contributed by atoms with Gasteiger partial charge in [-0.2, -0.15) is 0 Å². The van der Waals surface area contributed by atoms with Gasteiger partial charge in [0.25, 0.3) is 5.91 Å². The highest BCUT2D eigenvalue weighted by atomic mass is 16.6. The van der Waals surface area contributed by atoms with Crippen LogP contribution in [0.25, 0.3) is 0 Å². The van der Waals surface area contributed by atoms with E-state index in [1.54, 1.807) is 18.2 Å². The molecule has 21 heavy (non-hydrogen) atoms. The fourth-order valence-corrected chi connectivity index (χ4v) is 1.83. The van der Waals surface area contributed by atoms with Crippen LogP contribution < -0.4 is 10.1 Å². The molecule has 1 amide bonds. The van der Waals surface area contributed by atoms with Crippen LogP contribution in [0.15, 0.2) is 24.3 Å². The van der Waals surface area contributed by atoms with Crippen molar-refractivity contribution in [3.8, 4) is 5.75 Å². The average Bonchev–Trinajstić information content (AvgIpc) is 2.52. The van der Waals surface area contributed by atoms with Gasteiger partial charge in [-0.1, -0.05) is 12.1 Å². The summed E-state index contributed by atoms with van der Waals surface area (Å²) < 4.78 is 15.5. The minimum Gasteiger partial charge on any atom is -0.482 e. The van der Waals surface area contributed by atoms with Crippen molar-refractivity contribution < 1.29 is 28.9 Å². The van der Waals surface area contributed by atoms with Crippen molar-refractivity contribution in [1.82, 2.24) is 5.32 Å². The molecular formula is C14H17NO6. The molecule has 2 N–H and O–H groups in total. The summed E-state index contributed by atoms with van der Waals surface area (Å²) in [6.07, 6.45) is -0.579. The molecule has 1 aromatic carbocycles. The standard InChI is InChI=1S/C14H17NO6/c16-13(17)9-21-11-3-1-2-10(6-11)7-15-14(18)12-8-19-4-5-20-12/h1-3,6,12H,4-5,7-9H2,(H,15,18)(H,16,17)/t12-/m1/s1. The number of carbonyl (C=O) groups excluding carboxylic acids is 1. The molecule has 1 aliphatic heterocycles. The molecule has 7 nitrogen and oxygen atoms in total. The van der Waals surface area contributed by atoms with E-state index in [1.807, 2.05) is 6.07 Å². The van der Waals surface area contributed by atoms with Crippen LogP contribution >= 0.6 is 0 Å². The Kier molecular flexibility index (Phi) is 5.53. The Labute approximate surface area is 121 Å². The van der Waals surface area contributed by atoms with Gasteiger partial charge in [0.15, 0.2) is 12.7 Å². The second-order valence-electron chi connectivity index (χ2n) is 4.48. The van der Waals surface area contributed by atoms with E-state index < -0.39 is 18.7 Å². The molecule has 1 saturated heterocycles. The first-order chi connectivity index (χ1) is 10.1. The zero-order valence-electron chi connectivity index (χ0n) is 11.4. The lowest BCUT2D eigenvalue weighted by atomic mass is 10.2. The third-order valence-corrected chi connectivity index (χ3v) is 2.84. The SMILES string of the molecule is O=C(O)COc1cccc(CNC(=O)[C@H]2COCCO2)c1. The molecule has 0 unspecified atom stereocenters. The smallest absolute Gasteiger partial charge is 0.341 e. The molecule has 2 rings (SSSR count). The van der Waals surface area contributed by atoms with Crippen LogP contribution in [0.2, 0.25) is 0 Å². The highest BCUT2D eigenvalue weighted by Gasteiger charge is 2.22. The summed E-state index contributed by atoms with van der Waals surface area (Å²) in [4.78, 5) is 22.3. The van der Waals surface area contributed by atoms with Gasteiger partial charge in [0.05, 0.1) is 19.8 Å². The molecule has 0 bridgehead atoms. The summed E-state index contributed by atoms with van der Waals surface area (Å²) in [5.41, 5.74) is 0.808. The van der Waals surface area contributed by atoms with E-state index in [0.29, 0.717) is 25.5 Å².